The molecule has 0 fully saturated rings. The standard InChI is InChI=1S/C11H13NOS/c1-4-10-12-11-7(2)5-8(13-3)6-9(11)14-10/h5-6H,4H2,1-3H3. The smallest absolute Gasteiger partial charge is 0.120 e. The van der Waals surface area contributed by atoms with Gasteiger partial charge in [-0.05, 0) is 31.0 Å². The van der Waals surface area contributed by atoms with Crippen LogP contribution in [0.25, 0.3) is 10.2 Å². The molecule has 0 bridgehead atoms. The SMILES string of the molecule is CCc1nc2c(C)cc(OC)cc2s1. The number of nitrogens with zero attached hydrogens (tertiary/aromatic N) is 1. The minimum absolute atomic E-state index is 0.918. The number of methoxy groups -OCH3 is 1. The van der Waals surface area contributed by atoms with Crippen LogP contribution in [0.15, 0.2) is 12.1 Å². The molecule has 0 spiro atoms. The summed E-state index contributed by atoms with van der Waals surface area (Å²) in [5, 5.41) is 1.19. The van der Waals surface area contributed by atoms with Gasteiger partial charge in [-0.3, -0.25) is 0 Å². The summed E-state index contributed by atoms with van der Waals surface area (Å²) in [5.41, 5.74) is 2.31. The Balaban J connectivity index is 2.67. The van der Waals surface area contributed by atoms with Crippen molar-refractivity contribution in [3.05, 3.63) is 22.7 Å². The summed E-state index contributed by atoms with van der Waals surface area (Å²) in [6.07, 6.45) is 1.00. The highest BCUT2D eigenvalue weighted by Crippen LogP contribution is 2.29. The van der Waals surface area contributed by atoms with E-state index in [4.69, 9.17) is 4.74 Å². The first-order valence-corrected chi connectivity index (χ1v) is 5.50. The van der Waals surface area contributed by atoms with Gasteiger partial charge in [0, 0.05) is 0 Å². The Labute approximate surface area is 87.5 Å². The highest BCUT2D eigenvalue weighted by atomic mass is 32.1. The van der Waals surface area contributed by atoms with Gasteiger partial charge in [0.15, 0.2) is 0 Å². The fourth-order valence-electron chi connectivity index (χ4n) is 1.48. The number of aromatic nitrogens is 1. The lowest BCUT2D eigenvalue weighted by molar-refractivity contribution is 0.415. The maximum Gasteiger partial charge on any atom is 0.120 e. The van der Waals surface area contributed by atoms with Crippen molar-refractivity contribution in [1.29, 1.82) is 0 Å². The van der Waals surface area contributed by atoms with Crippen LogP contribution in [0, 0.1) is 6.92 Å². The number of aryl methyl sites for hydroxylation is 2. The minimum atomic E-state index is 0.918. The zero-order chi connectivity index (χ0) is 10.1. The van der Waals surface area contributed by atoms with E-state index in [0.29, 0.717) is 0 Å². The molecule has 2 nitrogen and oxygen atoms in total. The minimum Gasteiger partial charge on any atom is -0.497 e. The zero-order valence-corrected chi connectivity index (χ0v) is 9.44. The highest BCUT2D eigenvalue weighted by Gasteiger charge is 2.06. The van der Waals surface area contributed by atoms with Crippen molar-refractivity contribution in [2.24, 2.45) is 0 Å². The number of ether oxygens (including phenoxy) is 1. The second kappa shape index (κ2) is 3.58. The van der Waals surface area contributed by atoms with E-state index in [-0.39, 0.29) is 0 Å². The van der Waals surface area contributed by atoms with Crippen molar-refractivity contribution in [2.75, 3.05) is 7.11 Å². The molecule has 0 aliphatic rings. The summed E-state index contributed by atoms with van der Waals surface area (Å²) < 4.78 is 6.45. The Bertz CT molecular complexity index is 462. The predicted octanol–water partition coefficient (Wildman–Crippen LogP) is 3.18. The number of rotatable bonds is 2. The highest BCUT2D eigenvalue weighted by molar-refractivity contribution is 7.18. The lowest BCUT2D eigenvalue weighted by Gasteiger charge is -2.00. The van der Waals surface area contributed by atoms with Crippen molar-refractivity contribution in [2.45, 2.75) is 20.3 Å². The van der Waals surface area contributed by atoms with Crippen LogP contribution in [0.1, 0.15) is 17.5 Å². The second-order valence-corrected chi connectivity index (χ2v) is 4.37. The summed E-state index contributed by atoms with van der Waals surface area (Å²) in [5.74, 6) is 0.918. The molecule has 0 aliphatic carbocycles. The summed E-state index contributed by atoms with van der Waals surface area (Å²) >= 11 is 1.75. The molecular formula is C11H13NOS. The molecule has 0 unspecified atom stereocenters. The van der Waals surface area contributed by atoms with Gasteiger partial charge in [-0.25, -0.2) is 4.98 Å². The average Bonchev–Trinajstić information content (AvgIpc) is 2.61. The first-order chi connectivity index (χ1) is 6.74. The van der Waals surface area contributed by atoms with E-state index < -0.39 is 0 Å². The van der Waals surface area contributed by atoms with Crippen LogP contribution in [0.2, 0.25) is 0 Å². The third-order valence-corrected chi connectivity index (χ3v) is 3.39. The first-order valence-electron chi connectivity index (χ1n) is 4.68. The fraction of sp³-hybridized carbons (Fsp3) is 0.364. The van der Waals surface area contributed by atoms with Gasteiger partial charge in [-0.1, -0.05) is 6.92 Å². The van der Waals surface area contributed by atoms with Gasteiger partial charge in [-0.2, -0.15) is 0 Å². The lowest BCUT2D eigenvalue weighted by atomic mass is 10.2. The van der Waals surface area contributed by atoms with Gasteiger partial charge in [0.1, 0.15) is 5.75 Å². The molecule has 1 aromatic carbocycles. The van der Waals surface area contributed by atoms with Crippen molar-refractivity contribution >= 4 is 21.6 Å². The molecular weight excluding hydrogens is 194 g/mol. The van der Waals surface area contributed by atoms with Crippen LogP contribution in [-0.4, -0.2) is 12.1 Å². The quantitative estimate of drug-likeness (QED) is 0.754. The molecule has 0 radical (unpaired) electrons. The molecule has 0 aliphatic heterocycles. The molecule has 14 heavy (non-hydrogen) atoms. The van der Waals surface area contributed by atoms with E-state index in [9.17, 15) is 0 Å². The monoisotopic (exact) mass is 207 g/mol. The van der Waals surface area contributed by atoms with Gasteiger partial charge in [0.05, 0.1) is 22.3 Å². The van der Waals surface area contributed by atoms with Crippen molar-refractivity contribution in [3.63, 3.8) is 0 Å². The van der Waals surface area contributed by atoms with E-state index in [1.165, 1.54) is 15.3 Å². The van der Waals surface area contributed by atoms with Crippen LogP contribution < -0.4 is 4.74 Å². The predicted molar refractivity (Wildman–Crippen MR) is 60.3 cm³/mol. The molecule has 0 atom stereocenters. The van der Waals surface area contributed by atoms with Crippen molar-refractivity contribution in [1.82, 2.24) is 4.98 Å². The number of thiazole rings is 1. The van der Waals surface area contributed by atoms with Crippen LogP contribution in [0.5, 0.6) is 5.75 Å². The largest absolute Gasteiger partial charge is 0.497 e. The van der Waals surface area contributed by atoms with Gasteiger partial charge in [-0.15, -0.1) is 11.3 Å². The van der Waals surface area contributed by atoms with Gasteiger partial charge in [0.2, 0.25) is 0 Å². The summed E-state index contributed by atoms with van der Waals surface area (Å²) in [6.45, 7) is 4.20. The Morgan fingerprint density at radius 3 is 2.86 bits per heavy atom. The van der Waals surface area contributed by atoms with E-state index in [1.54, 1.807) is 18.4 Å². The molecule has 2 aromatic rings. The maximum absolute atomic E-state index is 5.22. The molecule has 0 amide bonds. The molecule has 0 saturated heterocycles. The summed E-state index contributed by atoms with van der Waals surface area (Å²) in [6, 6.07) is 4.08. The van der Waals surface area contributed by atoms with E-state index in [2.05, 4.69) is 24.9 Å². The van der Waals surface area contributed by atoms with E-state index >= 15 is 0 Å². The number of hydrogen-bond donors (Lipinski definition) is 0. The second-order valence-electron chi connectivity index (χ2n) is 3.25. The van der Waals surface area contributed by atoms with Crippen LogP contribution >= 0.6 is 11.3 Å². The molecule has 74 valence electrons. The third-order valence-electron chi connectivity index (χ3n) is 2.24. The first kappa shape index (κ1) is 9.46. The number of benzene rings is 1. The van der Waals surface area contributed by atoms with Gasteiger partial charge >= 0.3 is 0 Å². The Hall–Kier alpha value is -1.09. The average molecular weight is 207 g/mol. The van der Waals surface area contributed by atoms with Crippen LogP contribution in [0.3, 0.4) is 0 Å². The normalized spacial score (nSPS) is 10.8. The topological polar surface area (TPSA) is 22.1 Å². The number of fused-ring (bicyclic) bond motifs is 1. The molecule has 0 saturated carbocycles. The molecule has 1 aromatic heterocycles. The Morgan fingerprint density at radius 2 is 2.21 bits per heavy atom. The van der Waals surface area contributed by atoms with Gasteiger partial charge in [0.25, 0.3) is 0 Å². The third kappa shape index (κ3) is 1.48. The fourth-order valence-corrected chi connectivity index (χ4v) is 2.49. The molecule has 1 heterocycles. The summed E-state index contributed by atoms with van der Waals surface area (Å²) in [4.78, 5) is 4.57. The van der Waals surface area contributed by atoms with Crippen molar-refractivity contribution in [3.8, 4) is 5.75 Å². The maximum atomic E-state index is 5.22. The van der Waals surface area contributed by atoms with Gasteiger partial charge < -0.3 is 4.74 Å². The van der Waals surface area contributed by atoms with E-state index in [1.807, 2.05) is 6.07 Å². The number of hydrogen-bond acceptors (Lipinski definition) is 3. The zero-order valence-electron chi connectivity index (χ0n) is 8.63. The van der Waals surface area contributed by atoms with Crippen LogP contribution in [0.4, 0.5) is 0 Å². The molecule has 2 rings (SSSR count). The molecule has 3 heteroatoms. The molecule has 0 N–H and O–H groups in total. The van der Waals surface area contributed by atoms with Crippen LogP contribution in [-0.2, 0) is 6.42 Å². The lowest BCUT2D eigenvalue weighted by Crippen LogP contribution is -1.84. The van der Waals surface area contributed by atoms with Crippen molar-refractivity contribution < 1.29 is 4.74 Å². The Kier molecular flexibility index (Phi) is 2.42. The summed E-state index contributed by atoms with van der Waals surface area (Å²) in [7, 11) is 1.70. The Morgan fingerprint density at radius 1 is 1.43 bits per heavy atom. The van der Waals surface area contributed by atoms with E-state index in [0.717, 1.165) is 17.7 Å².